The zero-order chi connectivity index (χ0) is 29.0. The topological polar surface area (TPSA) is 134 Å². The SMILES string of the molecule is CCOP(=O)(COc1ccc(C[C@H](NC(=O)O[C@H]2CO[C@H]3OCC[C@H]32)[C@H](O)CNCC(CC)CC)cc1)OCC. The number of carbonyl (C=O) groups excluding carboxylic acids is 1. The molecule has 1 aromatic rings. The fourth-order valence-electron chi connectivity index (χ4n) is 4.94. The Labute approximate surface area is 238 Å². The van der Waals surface area contributed by atoms with E-state index in [0.29, 0.717) is 37.8 Å². The minimum Gasteiger partial charge on any atom is -0.481 e. The molecule has 2 aliphatic heterocycles. The molecule has 228 valence electrons. The third-order valence-electron chi connectivity index (χ3n) is 7.37. The van der Waals surface area contributed by atoms with E-state index in [1.807, 2.05) is 12.1 Å². The van der Waals surface area contributed by atoms with Crippen LogP contribution in [0.4, 0.5) is 4.79 Å². The monoisotopic (exact) mass is 586 g/mol. The first kappa shape index (κ1) is 32.8. The number of fused-ring (bicyclic) bond motifs is 1. The molecule has 11 nitrogen and oxygen atoms in total. The molecule has 2 fully saturated rings. The van der Waals surface area contributed by atoms with E-state index >= 15 is 0 Å². The second-order valence-corrected chi connectivity index (χ2v) is 12.2. The lowest BCUT2D eigenvalue weighted by atomic mass is 10.00. The number of aliphatic hydroxyl groups excluding tert-OH is 1. The van der Waals surface area contributed by atoms with Gasteiger partial charge in [-0.2, -0.15) is 0 Å². The molecule has 40 heavy (non-hydrogen) atoms. The van der Waals surface area contributed by atoms with Gasteiger partial charge in [0.15, 0.2) is 12.6 Å². The maximum atomic E-state index is 12.9. The van der Waals surface area contributed by atoms with Crippen LogP contribution in [0.3, 0.4) is 0 Å². The smallest absolute Gasteiger partial charge is 0.407 e. The molecule has 0 bridgehead atoms. The summed E-state index contributed by atoms with van der Waals surface area (Å²) in [7, 11) is -3.33. The maximum absolute atomic E-state index is 12.9. The van der Waals surface area contributed by atoms with Crippen LogP contribution in [0.25, 0.3) is 0 Å². The summed E-state index contributed by atoms with van der Waals surface area (Å²) in [6, 6.07) is 6.60. The fourth-order valence-corrected chi connectivity index (χ4v) is 6.26. The van der Waals surface area contributed by atoms with Crippen molar-refractivity contribution in [2.24, 2.45) is 11.8 Å². The van der Waals surface area contributed by atoms with Gasteiger partial charge in [-0.1, -0.05) is 38.8 Å². The minimum atomic E-state index is -3.33. The lowest BCUT2D eigenvalue weighted by Crippen LogP contribution is -2.50. The van der Waals surface area contributed by atoms with E-state index in [9.17, 15) is 14.5 Å². The number of nitrogens with one attached hydrogen (secondary N) is 2. The number of hydrogen-bond acceptors (Lipinski definition) is 10. The number of amides is 1. The molecule has 3 rings (SSSR count). The average molecular weight is 587 g/mol. The van der Waals surface area contributed by atoms with E-state index in [-0.39, 0.29) is 37.9 Å². The fraction of sp³-hybridized carbons (Fsp3) is 0.750. The van der Waals surface area contributed by atoms with E-state index < -0.39 is 25.8 Å². The summed E-state index contributed by atoms with van der Waals surface area (Å²) in [4.78, 5) is 12.9. The van der Waals surface area contributed by atoms with Crippen LogP contribution >= 0.6 is 7.60 Å². The summed E-state index contributed by atoms with van der Waals surface area (Å²) in [6.45, 7) is 10.3. The van der Waals surface area contributed by atoms with Crippen molar-refractivity contribution in [2.45, 2.75) is 77.9 Å². The highest BCUT2D eigenvalue weighted by Gasteiger charge is 2.44. The van der Waals surface area contributed by atoms with Gasteiger partial charge >= 0.3 is 13.7 Å². The number of ether oxygens (including phenoxy) is 4. The number of rotatable bonds is 18. The third-order valence-corrected chi connectivity index (χ3v) is 9.12. The summed E-state index contributed by atoms with van der Waals surface area (Å²) in [5.41, 5.74) is 0.878. The van der Waals surface area contributed by atoms with Gasteiger partial charge in [0.1, 0.15) is 11.9 Å². The molecule has 0 radical (unpaired) electrons. The Morgan fingerprint density at radius 2 is 1.77 bits per heavy atom. The molecule has 2 heterocycles. The molecule has 0 aromatic heterocycles. The summed E-state index contributed by atoms with van der Waals surface area (Å²) >= 11 is 0. The Kier molecular flexibility index (Phi) is 13.7. The molecule has 2 saturated heterocycles. The molecule has 2 aliphatic rings. The summed E-state index contributed by atoms with van der Waals surface area (Å²) < 4.78 is 45.7. The zero-order valence-corrected chi connectivity index (χ0v) is 25.1. The molecule has 1 amide bonds. The molecule has 0 aliphatic carbocycles. The van der Waals surface area contributed by atoms with E-state index in [2.05, 4.69) is 24.5 Å². The number of carbonyl (C=O) groups is 1. The molecular weight excluding hydrogens is 539 g/mol. The first-order valence-electron chi connectivity index (χ1n) is 14.5. The van der Waals surface area contributed by atoms with Gasteiger partial charge < -0.3 is 43.7 Å². The van der Waals surface area contributed by atoms with Gasteiger partial charge in [0, 0.05) is 6.54 Å². The first-order valence-corrected chi connectivity index (χ1v) is 16.2. The van der Waals surface area contributed by atoms with Crippen molar-refractivity contribution >= 4 is 13.7 Å². The van der Waals surface area contributed by atoms with E-state index in [0.717, 1.165) is 31.4 Å². The van der Waals surface area contributed by atoms with Crippen molar-refractivity contribution in [2.75, 3.05) is 45.9 Å². The van der Waals surface area contributed by atoms with Crippen LogP contribution < -0.4 is 15.4 Å². The van der Waals surface area contributed by atoms with Crippen molar-refractivity contribution in [1.82, 2.24) is 10.6 Å². The van der Waals surface area contributed by atoms with Crippen molar-refractivity contribution in [3.63, 3.8) is 0 Å². The molecule has 0 unspecified atom stereocenters. The molecule has 0 saturated carbocycles. The van der Waals surface area contributed by atoms with Crippen LogP contribution in [0.15, 0.2) is 24.3 Å². The third kappa shape index (κ3) is 9.98. The Bertz CT molecular complexity index is 921. The molecule has 1 aromatic carbocycles. The van der Waals surface area contributed by atoms with E-state index in [1.165, 1.54) is 0 Å². The van der Waals surface area contributed by atoms with Gasteiger partial charge in [0.05, 0.1) is 44.5 Å². The zero-order valence-electron chi connectivity index (χ0n) is 24.2. The van der Waals surface area contributed by atoms with E-state index in [4.69, 9.17) is 28.0 Å². The van der Waals surface area contributed by atoms with Gasteiger partial charge in [0.25, 0.3) is 0 Å². The predicted octanol–water partition coefficient (Wildman–Crippen LogP) is 4.07. The number of alkyl carbamates (subject to hydrolysis) is 1. The Hall–Kier alpha value is -1.72. The van der Waals surface area contributed by atoms with Crippen LogP contribution in [-0.4, -0.2) is 81.6 Å². The van der Waals surface area contributed by atoms with Crippen LogP contribution in [-0.2, 0) is 34.2 Å². The van der Waals surface area contributed by atoms with Crippen molar-refractivity contribution in [3.8, 4) is 5.75 Å². The molecule has 3 N–H and O–H groups in total. The Balaban J connectivity index is 1.60. The van der Waals surface area contributed by atoms with Gasteiger partial charge in [-0.3, -0.25) is 4.57 Å². The summed E-state index contributed by atoms with van der Waals surface area (Å²) in [5.74, 6) is 1.07. The molecule has 5 atom stereocenters. The van der Waals surface area contributed by atoms with Crippen LogP contribution in [0, 0.1) is 11.8 Å². The molecule has 12 heteroatoms. The van der Waals surface area contributed by atoms with Crippen molar-refractivity contribution in [3.05, 3.63) is 29.8 Å². The van der Waals surface area contributed by atoms with Gasteiger partial charge in [-0.15, -0.1) is 0 Å². The van der Waals surface area contributed by atoms with Crippen molar-refractivity contribution in [1.29, 1.82) is 0 Å². The standard InChI is InChI=1S/C28H47N2O9P/c1-5-20(6-2)16-29-17-25(31)24(30-28(32)39-26-18-35-27-23(26)13-14-34-27)15-21-9-11-22(12-10-21)36-19-40(33,37-7-3)38-8-4/h9-12,20,23-27,29,31H,5-8,13-19H2,1-4H3,(H,30,32)/t23-,24-,25+,26-,27+/m0/s1. The van der Waals surface area contributed by atoms with E-state index in [1.54, 1.807) is 26.0 Å². The number of aliphatic hydroxyl groups is 1. The number of benzene rings is 1. The van der Waals surface area contributed by atoms with Gasteiger partial charge in [-0.05, 0) is 56.8 Å². The highest BCUT2D eigenvalue weighted by atomic mass is 31.2. The van der Waals surface area contributed by atoms with Crippen LogP contribution in [0.2, 0.25) is 0 Å². The highest BCUT2D eigenvalue weighted by molar-refractivity contribution is 7.53. The summed E-state index contributed by atoms with van der Waals surface area (Å²) in [6.07, 6.45) is 0.955. The number of hydrogen-bond donors (Lipinski definition) is 3. The Morgan fingerprint density at radius 3 is 2.42 bits per heavy atom. The average Bonchev–Trinajstić information content (AvgIpc) is 3.56. The second-order valence-electron chi connectivity index (χ2n) is 10.2. The lowest BCUT2D eigenvalue weighted by molar-refractivity contribution is -0.0907. The van der Waals surface area contributed by atoms with Crippen LogP contribution in [0.5, 0.6) is 5.75 Å². The normalized spacial score (nSPS) is 22.2. The van der Waals surface area contributed by atoms with Crippen molar-refractivity contribution < 1.29 is 42.5 Å². The van der Waals surface area contributed by atoms with Gasteiger partial charge in [0.2, 0.25) is 0 Å². The molecule has 0 spiro atoms. The lowest BCUT2D eigenvalue weighted by Gasteiger charge is -2.26. The molecular formula is C28H47N2O9P. The predicted molar refractivity (Wildman–Crippen MR) is 150 cm³/mol. The van der Waals surface area contributed by atoms with Crippen LogP contribution in [0.1, 0.15) is 52.5 Å². The summed E-state index contributed by atoms with van der Waals surface area (Å²) in [5, 5.41) is 17.3. The van der Waals surface area contributed by atoms with Gasteiger partial charge in [-0.25, -0.2) is 4.79 Å². The second kappa shape index (κ2) is 16.7. The first-order chi connectivity index (χ1) is 19.3. The largest absolute Gasteiger partial charge is 0.481 e. The maximum Gasteiger partial charge on any atom is 0.407 e. The highest BCUT2D eigenvalue weighted by Crippen LogP contribution is 2.47. The minimum absolute atomic E-state index is 0.0316. The quantitative estimate of drug-likeness (QED) is 0.216. The Morgan fingerprint density at radius 1 is 1.07 bits per heavy atom.